The number of anilines is 2. The number of benzene rings is 3. The zero-order valence-electron chi connectivity index (χ0n) is 17.5. The van der Waals surface area contributed by atoms with E-state index in [9.17, 15) is 26.8 Å². The predicted molar refractivity (Wildman–Crippen MR) is 118 cm³/mol. The lowest BCUT2D eigenvalue weighted by Gasteiger charge is -2.32. The van der Waals surface area contributed by atoms with Crippen molar-refractivity contribution >= 4 is 33.0 Å². The van der Waals surface area contributed by atoms with Gasteiger partial charge in [-0.05, 0) is 36.2 Å². The maximum Gasteiger partial charge on any atom is 0.274 e. The van der Waals surface area contributed by atoms with Gasteiger partial charge in [0.1, 0.15) is 5.75 Å². The normalized spacial score (nSPS) is 21.2. The van der Waals surface area contributed by atoms with Crippen molar-refractivity contribution in [1.82, 2.24) is 0 Å². The first-order valence-corrected chi connectivity index (χ1v) is 11.8. The van der Waals surface area contributed by atoms with E-state index in [1.165, 1.54) is 11.0 Å². The van der Waals surface area contributed by atoms with Gasteiger partial charge in [-0.25, -0.2) is 17.2 Å². The minimum atomic E-state index is -4.38. The van der Waals surface area contributed by atoms with E-state index in [1.807, 2.05) is 31.2 Å². The van der Waals surface area contributed by atoms with Crippen molar-refractivity contribution in [2.45, 2.75) is 18.3 Å². The fraction of sp³-hybridized carbons (Fsp3) is 0.167. The lowest BCUT2D eigenvalue weighted by atomic mass is 10.0. The van der Waals surface area contributed by atoms with Crippen LogP contribution in [0.4, 0.5) is 20.2 Å². The average Bonchev–Trinajstić information content (AvgIpc) is 3.14. The number of rotatable bonds is 3. The van der Waals surface area contributed by atoms with E-state index in [0.717, 1.165) is 34.2 Å². The molecule has 1 saturated heterocycles. The van der Waals surface area contributed by atoms with Crippen molar-refractivity contribution < 1.29 is 26.8 Å². The van der Waals surface area contributed by atoms with E-state index in [-0.39, 0.29) is 17.8 Å². The third-order valence-electron chi connectivity index (χ3n) is 6.17. The predicted octanol–water partition coefficient (Wildman–Crippen LogP) is 3.43. The number of carbonyl (C=O) groups is 2. The van der Waals surface area contributed by atoms with Gasteiger partial charge in [0.2, 0.25) is 5.91 Å². The van der Waals surface area contributed by atoms with Gasteiger partial charge in [0.05, 0.1) is 12.2 Å². The molecule has 2 aliphatic heterocycles. The van der Waals surface area contributed by atoms with Crippen molar-refractivity contribution in [2.75, 3.05) is 15.6 Å². The van der Waals surface area contributed by atoms with Gasteiger partial charge in [-0.1, -0.05) is 42.5 Å². The summed E-state index contributed by atoms with van der Waals surface area (Å²) in [7, 11) is -4.38. The summed E-state index contributed by atoms with van der Waals surface area (Å²) in [5.74, 6) is -5.05. The summed E-state index contributed by atoms with van der Waals surface area (Å²) in [6.45, 7) is 1.96. The molecular formula is C24H18F2N2O4S. The molecule has 0 unspecified atom stereocenters. The smallest absolute Gasteiger partial charge is 0.274 e. The first kappa shape index (κ1) is 21.3. The molecule has 33 heavy (non-hydrogen) atoms. The maximum atomic E-state index is 14.1. The van der Waals surface area contributed by atoms with E-state index in [0.29, 0.717) is 5.69 Å². The van der Waals surface area contributed by atoms with Crippen LogP contribution in [0.3, 0.4) is 0 Å². The summed E-state index contributed by atoms with van der Waals surface area (Å²) in [6, 6.07) is 16.3. The highest BCUT2D eigenvalue weighted by molar-refractivity contribution is 7.94. The fourth-order valence-corrected chi connectivity index (χ4v) is 6.66. The summed E-state index contributed by atoms with van der Waals surface area (Å²) in [4.78, 5) is 26.7. The van der Waals surface area contributed by atoms with Crippen molar-refractivity contribution in [3.63, 3.8) is 0 Å². The molecule has 168 valence electrons. The van der Waals surface area contributed by atoms with Crippen molar-refractivity contribution in [3.8, 4) is 0 Å². The third-order valence-corrected chi connectivity index (χ3v) is 8.28. The van der Waals surface area contributed by atoms with Gasteiger partial charge in [-0.15, -0.1) is 0 Å². The second-order valence-corrected chi connectivity index (χ2v) is 10.2. The highest BCUT2D eigenvalue weighted by atomic mass is 32.2. The SMILES string of the molecule is Cc1ccccc1CN1C(=O)[C@@]2(c3ccccc31)N(c1ccc(F)c(F)c1)C(=O)CS2(=O)=O. The molecule has 0 aromatic heterocycles. The molecule has 0 bridgehead atoms. The first-order valence-electron chi connectivity index (χ1n) is 10.1. The van der Waals surface area contributed by atoms with Crippen LogP contribution in [-0.2, 0) is 30.8 Å². The molecule has 2 amide bonds. The zero-order chi connectivity index (χ0) is 23.5. The number of carbonyl (C=O) groups excluding carboxylic acids is 2. The van der Waals surface area contributed by atoms with Crippen LogP contribution in [0.25, 0.3) is 0 Å². The molecule has 1 atom stereocenters. The van der Waals surface area contributed by atoms with Crippen LogP contribution in [0.1, 0.15) is 16.7 Å². The van der Waals surface area contributed by atoms with Crippen LogP contribution in [-0.4, -0.2) is 26.0 Å². The number of halogens is 2. The molecule has 2 heterocycles. The highest BCUT2D eigenvalue weighted by Crippen LogP contribution is 2.52. The lowest BCUT2D eigenvalue weighted by Crippen LogP contribution is -2.54. The maximum absolute atomic E-state index is 14.1. The van der Waals surface area contributed by atoms with Gasteiger partial charge in [0.15, 0.2) is 21.5 Å². The molecule has 6 nitrogen and oxygen atoms in total. The topological polar surface area (TPSA) is 74.8 Å². The molecule has 9 heteroatoms. The second kappa shape index (κ2) is 7.21. The number of sulfone groups is 1. The molecule has 3 aromatic rings. The van der Waals surface area contributed by atoms with E-state index in [1.54, 1.807) is 18.2 Å². The van der Waals surface area contributed by atoms with Gasteiger partial charge in [-0.2, -0.15) is 0 Å². The summed E-state index contributed by atoms with van der Waals surface area (Å²) in [5.41, 5.74) is 1.96. The first-order chi connectivity index (χ1) is 15.7. The summed E-state index contributed by atoms with van der Waals surface area (Å²) in [6.07, 6.45) is 0. The quantitative estimate of drug-likeness (QED) is 0.590. The van der Waals surface area contributed by atoms with Gasteiger partial charge in [0, 0.05) is 17.3 Å². The molecule has 0 saturated carbocycles. The van der Waals surface area contributed by atoms with Crippen LogP contribution in [0.2, 0.25) is 0 Å². The molecular weight excluding hydrogens is 450 g/mol. The number of fused-ring (bicyclic) bond motifs is 2. The van der Waals surface area contributed by atoms with Crippen LogP contribution in [0.15, 0.2) is 66.7 Å². The zero-order valence-corrected chi connectivity index (χ0v) is 18.3. The molecule has 1 spiro atoms. The van der Waals surface area contributed by atoms with E-state index >= 15 is 0 Å². The summed E-state index contributed by atoms with van der Waals surface area (Å²) >= 11 is 0. The Kier molecular flexibility index (Phi) is 4.65. The summed E-state index contributed by atoms with van der Waals surface area (Å²) in [5, 5.41) is 0. The van der Waals surface area contributed by atoms with Gasteiger partial charge < -0.3 is 4.90 Å². The summed E-state index contributed by atoms with van der Waals surface area (Å²) < 4.78 is 54.6. The van der Waals surface area contributed by atoms with Crippen molar-refractivity contribution in [1.29, 1.82) is 0 Å². The lowest BCUT2D eigenvalue weighted by molar-refractivity contribution is -0.123. The number of hydrogen-bond donors (Lipinski definition) is 0. The number of aryl methyl sites for hydroxylation is 1. The van der Waals surface area contributed by atoms with Crippen molar-refractivity contribution in [2.24, 2.45) is 0 Å². The number of amides is 2. The second-order valence-electron chi connectivity index (χ2n) is 8.07. The Morgan fingerprint density at radius 3 is 2.36 bits per heavy atom. The highest BCUT2D eigenvalue weighted by Gasteiger charge is 2.69. The Morgan fingerprint density at radius 2 is 1.64 bits per heavy atom. The van der Waals surface area contributed by atoms with E-state index < -0.39 is 43.9 Å². The van der Waals surface area contributed by atoms with E-state index in [4.69, 9.17) is 0 Å². The van der Waals surface area contributed by atoms with Crippen LogP contribution < -0.4 is 9.80 Å². The Morgan fingerprint density at radius 1 is 0.939 bits per heavy atom. The molecule has 0 aliphatic carbocycles. The molecule has 1 fully saturated rings. The Balaban J connectivity index is 1.75. The Hall–Kier alpha value is -3.59. The minimum Gasteiger partial charge on any atom is -0.304 e. The molecule has 5 rings (SSSR count). The van der Waals surface area contributed by atoms with Crippen LogP contribution in [0.5, 0.6) is 0 Å². The molecule has 2 aliphatic rings. The minimum absolute atomic E-state index is 0.0829. The molecule has 3 aromatic carbocycles. The third kappa shape index (κ3) is 2.85. The van der Waals surface area contributed by atoms with Crippen LogP contribution >= 0.6 is 0 Å². The van der Waals surface area contributed by atoms with Gasteiger partial charge >= 0.3 is 0 Å². The van der Waals surface area contributed by atoms with Gasteiger partial charge in [-0.3, -0.25) is 14.5 Å². The molecule has 0 radical (unpaired) electrons. The Bertz CT molecular complexity index is 1440. The van der Waals surface area contributed by atoms with E-state index in [2.05, 4.69) is 0 Å². The van der Waals surface area contributed by atoms with Crippen LogP contribution in [0, 0.1) is 18.6 Å². The van der Waals surface area contributed by atoms with Gasteiger partial charge in [0.25, 0.3) is 10.8 Å². The number of para-hydroxylation sites is 1. The average molecular weight is 468 g/mol. The number of hydrogen-bond acceptors (Lipinski definition) is 4. The number of nitrogens with zero attached hydrogens (tertiary/aromatic N) is 2. The largest absolute Gasteiger partial charge is 0.304 e. The van der Waals surface area contributed by atoms with Crippen molar-refractivity contribution in [3.05, 3.63) is 95.1 Å². The fourth-order valence-electron chi connectivity index (χ4n) is 4.63. The standard InChI is InChI=1S/C24H18F2N2O4S/c1-15-6-2-3-7-16(15)13-27-21-9-5-4-8-18(21)24(23(27)30)28(22(29)14-33(24,31)32)17-10-11-19(25)20(26)12-17/h2-12H,13-14H2,1H3/t24-/m0/s1. The monoisotopic (exact) mass is 468 g/mol. The Labute approximate surface area is 189 Å². The molecule has 0 N–H and O–H groups in total.